The topological polar surface area (TPSA) is 127 Å². The summed E-state index contributed by atoms with van der Waals surface area (Å²) in [6.07, 6.45) is 0.857. The molecule has 0 bridgehead atoms. The first-order valence-corrected chi connectivity index (χ1v) is 9.33. The summed E-state index contributed by atoms with van der Waals surface area (Å²) >= 11 is 0. The highest BCUT2D eigenvalue weighted by atomic mass is 19.1. The zero-order valence-corrected chi connectivity index (χ0v) is 16.3. The van der Waals surface area contributed by atoms with E-state index < -0.39 is 40.1 Å². The summed E-state index contributed by atoms with van der Waals surface area (Å²) < 4.78 is 44.1. The SMILES string of the molecule is C[C@@H]1CN(c2nc3c(cc2F)c(=O)c(C(=O)O)cn3-c2cc(N)c(F)cc2F)C[C@H]1N. The summed E-state index contributed by atoms with van der Waals surface area (Å²) in [5.41, 5.74) is 8.88. The Morgan fingerprint density at radius 1 is 1.16 bits per heavy atom. The quantitative estimate of drug-likeness (QED) is 0.538. The first-order chi connectivity index (χ1) is 14.6. The summed E-state index contributed by atoms with van der Waals surface area (Å²) in [7, 11) is 0. The smallest absolute Gasteiger partial charge is 0.341 e. The van der Waals surface area contributed by atoms with Gasteiger partial charge in [0.2, 0.25) is 5.43 Å². The number of hydrogen-bond acceptors (Lipinski definition) is 6. The molecule has 162 valence electrons. The van der Waals surface area contributed by atoms with E-state index in [1.165, 1.54) is 0 Å². The van der Waals surface area contributed by atoms with Crippen LogP contribution in [0.4, 0.5) is 24.7 Å². The number of carboxylic acids is 1. The van der Waals surface area contributed by atoms with E-state index in [0.717, 1.165) is 22.9 Å². The Kier molecular flexibility index (Phi) is 4.85. The molecule has 0 aliphatic carbocycles. The molecule has 1 aliphatic rings. The number of nitrogen functional groups attached to an aromatic ring is 1. The standard InChI is InChI=1S/C20H18F3N5O3/c1-8-5-27(7-15(8)25)19-13(23)2-9-17(29)10(20(30)31)6-28(18(9)26-19)16-4-14(24)11(21)3-12(16)22/h2-4,6,8,15H,5,7,24-25H2,1H3,(H,30,31)/t8-,15-/m1/s1. The van der Waals surface area contributed by atoms with Gasteiger partial charge < -0.3 is 21.5 Å². The zero-order chi connectivity index (χ0) is 22.6. The summed E-state index contributed by atoms with van der Waals surface area (Å²) in [5, 5.41) is 9.02. The number of nitrogens with two attached hydrogens (primary N) is 2. The minimum absolute atomic E-state index is 0.0582. The van der Waals surface area contributed by atoms with Crippen molar-refractivity contribution < 1.29 is 23.1 Å². The lowest BCUT2D eigenvalue weighted by Gasteiger charge is -2.20. The van der Waals surface area contributed by atoms with Crippen LogP contribution >= 0.6 is 0 Å². The van der Waals surface area contributed by atoms with E-state index >= 15 is 0 Å². The number of halogens is 3. The van der Waals surface area contributed by atoms with Crippen LogP contribution in [0.25, 0.3) is 16.7 Å². The van der Waals surface area contributed by atoms with E-state index in [-0.39, 0.29) is 34.5 Å². The van der Waals surface area contributed by atoms with Crippen molar-refractivity contribution in [2.45, 2.75) is 13.0 Å². The highest BCUT2D eigenvalue weighted by Crippen LogP contribution is 2.29. The highest BCUT2D eigenvalue weighted by Gasteiger charge is 2.30. The molecule has 0 unspecified atom stereocenters. The number of carbonyl (C=O) groups is 1. The maximum absolute atomic E-state index is 14.9. The van der Waals surface area contributed by atoms with E-state index in [4.69, 9.17) is 11.5 Å². The monoisotopic (exact) mass is 433 g/mol. The van der Waals surface area contributed by atoms with Gasteiger partial charge in [0.05, 0.1) is 16.8 Å². The van der Waals surface area contributed by atoms with Crippen LogP contribution in [-0.2, 0) is 0 Å². The lowest BCUT2D eigenvalue weighted by atomic mass is 10.1. The molecule has 4 rings (SSSR count). The second-order valence-electron chi connectivity index (χ2n) is 7.58. The van der Waals surface area contributed by atoms with Gasteiger partial charge >= 0.3 is 5.97 Å². The number of aromatic nitrogens is 2. The minimum Gasteiger partial charge on any atom is -0.477 e. The Balaban J connectivity index is 2.05. The number of hydrogen-bond donors (Lipinski definition) is 3. The molecule has 2 atom stereocenters. The van der Waals surface area contributed by atoms with Crippen LogP contribution in [0, 0.1) is 23.4 Å². The van der Waals surface area contributed by atoms with E-state index in [9.17, 15) is 27.9 Å². The van der Waals surface area contributed by atoms with Gasteiger partial charge in [-0.05, 0) is 18.1 Å². The number of nitrogens with zero attached hydrogens (tertiary/aromatic N) is 3. The molecule has 0 amide bonds. The highest BCUT2D eigenvalue weighted by molar-refractivity contribution is 5.92. The van der Waals surface area contributed by atoms with E-state index in [2.05, 4.69) is 4.98 Å². The Bertz CT molecular complexity index is 1280. The van der Waals surface area contributed by atoms with Crippen molar-refractivity contribution in [2.75, 3.05) is 23.7 Å². The molecule has 0 saturated carbocycles. The van der Waals surface area contributed by atoms with Gasteiger partial charge in [-0.1, -0.05) is 6.92 Å². The molecule has 8 nitrogen and oxygen atoms in total. The van der Waals surface area contributed by atoms with Crippen molar-refractivity contribution in [1.82, 2.24) is 9.55 Å². The molecule has 0 radical (unpaired) electrons. The summed E-state index contributed by atoms with van der Waals surface area (Å²) in [6, 6.07) is 2.12. The van der Waals surface area contributed by atoms with Gasteiger partial charge in [-0.25, -0.2) is 22.9 Å². The average molecular weight is 433 g/mol. The molecular weight excluding hydrogens is 415 g/mol. The third-order valence-electron chi connectivity index (χ3n) is 5.44. The third-order valence-corrected chi connectivity index (χ3v) is 5.44. The van der Waals surface area contributed by atoms with Crippen LogP contribution in [0.1, 0.15) is 17.3 Å². The Hall–Kier alpha value is -3.60. The largest absolute Gasteiger partial charge is 0.477 e. The number of carboxylic acid groups (broad SMARTS) is 1. The molecule has 1 aromatic carbocycles. The maximum atomic E-state index is 14.9. The molecule has 3 heterocycles. The lowest BCUT2D eigenvalue weighted by Crippen LogP contribution is -2.29. The van der Waals surface area contributed by atoms with Gasteiger partial charge in [0.1, 0.15) is 17.2 Å². The van der Waals surface area contributed by atoms with E-state index in [1.807, 2.05) is 6.92 Å². The van der Waals surface area contributed by atoms with Crippen molar-refractivity contribution in [2.24, 2.45) is 11.7 Å². The number of aromatic carboxylic acids is 1. The molecule has 0 spiro atoms. The molecule has 2 aromatic heterocycles. The summed E-state index contributed by atoms with van der Waals surface area (Å²) in [6.45, 7) is 2.62. The van der Waals surface area contributed by atoms with Crippen molar-refractivity contribution in [3.63, 3.8) is 0 Å². The molecule has 31 heavy (non-hydrogen) atoms. The van der Waals surface area contributed by atoms with Crippen LogP contribution in [0.15, 0.2) is 29.2 Å². The first-order valence-electron chi connectivity index (χ1n) is 9.33. The van der Waals surface area contributed by atoms with Gasteiger partial charge in [-0.3, -0.25) is 9.36 Å². The number of benzene rings is 1. The number of rotatable bonds is 3. The third kappa shape index (κ3) is 3.36. The van der Waals surface area contributed by atoms with Crippen LogP contribution in [0.2, 0.25) is 0 Å². The second kappa shape index (κ2) is 7.27. The van der Waals surface area contributed by atoms with Gasteiger partial charge in [-0.15, -0.1) is 0 Å². The number of pyridine rings is 2. The number of anilines is 2. The predicted octanol–water partition coefficient (Wildman–Crippen LogP) is 1.87. The molecule has 3 aromatic rings. The predicted molar refractivity (Wildman–Crippen MR) is 108 cm³/mol. The first kappa shape index (κ1) is 20.7. The molecule has 1 saturated heterocycles. The lowest BCUT2D eigenvalue weighted by molar-refractivity contribution is 0.0695. The average Bonchev–Trinajstić information content (AvgIpc) is 3.03. The summed E-state index contributed by atoms with van der Waals surface area (Å²) in [5.74, 6) is -4.58. The van der Waals surface area contributed by atoms with Gasteiger partial charge in [-0.2, -0.15) is 0 Å². The van der Waals surface area contributed by atoms with E-state index in [0.29, 0.717) is 19.2 Å². The minimum atomic E-state index is -1.60. The summed E-state index contributed by atoms with van der Waals surface area (Å²) in [4.78, 5) is 30.0. The second-order valence-corrected chi connectivity index (χ2v) is 7.58. The van der Waals surface area contributed by atoms with Crippen LogP contribution < -0.4 is 21.8 Å². The Morgan fingerprint density at radius 2 is 1.87 bits per heavy atom. The Labute approximate surface area is 173 Å². The van der Waals surface area contributed by atoms with Gasteiger partial charge in [0.15, 0.2) is 17.3 Å². The molecular formula is C20H18F3N5O3. The van der Waals surface area contributed by atoms with Crippen molar-refractivity contribution >= 4 is 28.5 Å². The zero-order valence-electron chi connectivity index (χ0n) is 16.3. The fourth-order valence-corrected chi connectivity index (χ4v) is 3.68. The van der Waals surface area contributed by atoms with Crippen molar-refractivity contribution in [1.29, 1.82) is 0 Å². The van der Waals surface area contributed by atoms with Gasteiger partial charge in [0, 0.05) is 31.4 Å². The fraction of sp³-hybridized carbons (Fsp3) is 0.250. The van der Waals surface area contributed by atoms with Gasteiger partial charge in [0.25, 0.3) is 0 Å². The van der Waals surface area contributed by atoms with E-state index in [1.54, 1.807) is 4.90 Å². The fourth-order valence-electron chi connectivity index (χ4n) is 3.68. The Morgan fingerprint density at radius 3 is 2.48 bits per heavy atom. The normalized spacial score (nSPS) is 18.7. The van der Waals surface area contributed by atoms with Crippen molar-refractivity contribution in [3.8, 4) is 5.69 Å². The van der Waals surface area contributed by atoms with Crippen LogP contribution in [0.3, 0.4) is 0 Å². The molecule has 5 N–H and O–H groups in total. The van der Waals surface area contributed by atoms with Crippen LogP contribution in [0.5, 0.6) is 0 Å². The van der Waals surface area contributed by atoms with Crippen molar-refractivity contribution in [3.05, 3.63) is 57.6 Å². The maximum Gasteiger partial charge on any atom is 0.341 e. The molecule has 1 aliphatic heterocycles. The molecule has 11 heteroatoms. The molecule has 1 fully saturated rings. The number of fused-ring (bicyclic) bond motifs is 1. The van der Waals surface area contributed by atoms with Crippen LogP contribution in [-0.4, -0.2) is 39.8 Å².